The van der Waals surface area contributed by atoms with Crippen LogP contribution in [-0.4, -0.2) is 26.6 Å². The number of nitrogens with one attached hydrogen (secondary N) is 1. The van der Waals surface area contributed by atoms with Crippen LogP contribution in [0.5, 0.6) is 0 Å². The molecule has 62 valence electrons. The summed E-state index contributed by atoms with van der Waals surface area (Å²) in [6, 6.07) is 0. The standard InChI is InChI=1S/C5H12ClNO2S/c1-2-5-10(8,9)7-4-3-6/h7H,2-5H2,1H3. The second-order valence-corrected chi connectivity index (χ2v) is 4.21. The Bertz CT molecular complexity index is 166. The Morgan fingerprint density at radius 3 is 2.50 bits per heavy atom. The number of hydrogen-bond acceptors (Lipinski definition) is 2. The van der Waals surface area contributed by atoms with Gasteiger partial charge in [-0.25, -0.2) is 13.1 Å². The van der Waals surface area contributed by atoms with E-state index in [-0.39, 0.29) is 5.75 Å². The Morgan fingerprint density at radius 2 is 2.10 bits per heavy atom. The summed E-state index contributed by atoms with van der Waals surface area (Å²) in [7, 11) is -3.03. The summed E-state index contributed by atoms with van der Waals surface area (Å²) in [5, 5.41) is 0. The van der Waals surface area contributed by atoms with Gasteiger partial charge in [-0.05, 0) is 6.42 Å². The molecule has 0 atom stereocenters. The van der Waals surface area contributed by atoms with Crippen LogP contribution in [0.3, 0.4) is 0 Å². The lowest BCUT2D eigenvalue weighted by atomic mass is 10.6. The van der Waals surface area contributed by atoms with Gasteiger partial charge >= 0.3 is 0 Å². The highest BCUT2D eigenvalue weighted by Gasteiger charge is 2.05. The average Bonchev–Trinajstić information content (AvgIpc) is 1.84. The molecule has 0 amide bonds. The highest BCUT2D eigenvalue weighted by molar-refractivity contribution is 7.89. The van der Waals surface area contributed by atoms with Gasteiger partial charge in [-0.3, -0.25) is 0 Å². The summed E-state index contributed by atoms with van der Waals surface area (Å²) >= 11 is 5.28. The van der Waals surface area contributed by atoms with Crippen LogP contribution >= 0.6 is 11.6 Å². The molecule has 5 heteroatoms. The van der Waals surface area contributed by atoms with Gasteiger partial charge in [-0.1, -0.05) is 6.92 Å². The molecular weight excluding hydrogens is 174 g/mol. The first-order valence-corrected chi connectivity index (χ1v) is 5.34. The van der Waals surface area contributed by atoms with Gasteiger partial charge in [0.1, 0.15) is 0 Å². The summed E-state index contributed by atoms with van der Waals surface area (Å²) in [5.41, 5.74) is 0. The molecule has 3 nitrogen and oxygen atoms in total. The summed E-state index contributed by atoms with van der Waals surface area (Å²) < 4.78 is 24.0. The van der Waals surface area contributed by atoms with Crippen molar-refractivity contribution in [2.24, 2.45) is 0 Å². The fraction of sp³-hybridized carbons (Fsp3) is 1.00. The Labute approximate surface area is 66.8 Å². The van der Waals surface area contributed by atoms with Crippen LogP contribution in [0.15, 0.2) is 0 Å². The fourth-order valence-corrected chi connectivity index (χ4v) is 1.84. The van der Waals surface area contributed by atoms with E-state index >= 15 is 0 Å². The third kappa shape index (κ3) is 5.02. The van der Waals surface area contributed by atoms with Gasteiger partial charge in [-0.2, -0.15) is 0 Å². The van der Waals surface area contributed by atoms with Gasteiger partial charge in [0, 0.05) is 12.4 Å². The zero-order valence-electron chi connectivity index (χ0n) is 5.93. The molecule has 0 aliphatic carbocycles. The Hall–Kier alpha value is 0.200. The molecule has 10 heavy (non-hydrogen) atoms. The van der Waals surface area contributed by atoms with Crippen molar-refractivity contribution in [2.45, 2.75) is 13.3 Å². The molecule has 0 aromatic rings. The van der Waals surface area contributed by atoms with Crippen LogP contribution in [0.2, 0.25) is 0 Å². The van der Waals surface area contributed by atoms with Crippen molar-refractivity contribution < 1.29 is 8.42 Å². The maximum absolute atomic E-state index is 10.8. The molecule has 0 spiro atoms. The highest BCUT2D eigenvalue weighted by Crippen LogP contribution is 1.87. The Kier molecular flexibility index (Phi) is 5.03. The first-order valence-electron chi connectivity index (χ1n) is 3.15. The van der Waals surface area contributed by atoms with E-state index in [1.165, 1.54) is 0 Å². The predicted octanol–water partition coefficient (Wildman–Crippen LogP) is 0.555. The van der Waals surface area contributed by atoms with E-state index in [1.807, 2.05) is 6.92 Å². The maximum atomic E-state index is 10.8. The zero-order chi connectivity index (χ0) is 8.04. The molecule has 0 saturated heterocycles. The summed E-state index contributed by atoms with van der Waals surface area (Å²) in [5.74, 6) is 0.507. The molecule has 0 unspecified atom stereocenters. The van der Waals surface area contributed by atoms with Gasteiger partial charge in [-0.15, -0.1) is 11.6 Å². The minimum absolute atomic E-state index is 0.184. The highest BCUT2D eigenvalue weighted by atomic mass is 35.5. The second kappa shape index (κ2) is 4.93. The molecule has 0 fully saturated rings. The van der Waals surface area contributed by atoms with Gasteiger partial charge in [0.2, 0.25) is 10.0 Å². The van der Waals surface area contributed by atoms with Crippen molar-refractivity contribution in [3.63, 3.8) is 0 Å². The Morgan fingerprint density at radius 1 is 1.50 bits per heavy atom. The predicted molar refractivity (Wildman–Crippen MR) is 42.8 cm³/mol. The molecule has 0 aromatic heterocycles. The van der Waals surface area contributed by atoms with Gasteiger partial charge in [0.25, 0.3) is 0 Å². The van der Waals surface area contributed by atoms with Crippen LogP contribution < -0.4 is 4.72 Å². The van der Waals surface area contributed by atoms with E-state index in [0.29, 0.717) is 18.8 Å². The lowest BCUT2D eigenvalue weighted by molar-refractivity contribution is 0.582. The number of sulfonamides is 1. The van der Waals surface area contributed by atoms with Crippen LogP contribution in [0.1, 0.15) is 13.3 Å². The molecule has 0 aliphatic heterocycles. The quantitative estimate of drug-likeness (QED) is 0.637. The lowest BCUT2D eigenvalue weighted by Crippen LogP contribution is -2.27. The van der Waals surface area contributed by atoms with Gasteiger partial charge < -0.3 is 0 Å². The molecule has 0 heterocycles. The maximum Gasteiger partial charge on any atom is 0.211 e. The average molecular weight is 186 g/mol. The number of rotatable bonds is 5. The van der Waals surface area contributed by atoms with Crippen LogP contribution in [0.4, 0.5) is 0 Å². The minimum Gasteiger partial charge on any atom is -0.214 e. The van der Waals surface area contributed by atoms with E-state index in [0.717, 1.165) is 0 Å². The molecule has 0 aliphatic rings. The summed E-state index contributed by atoms with van der Waals surface area (Å²) in [6.45, 7) is 2.14. The van der Waals surface area contributed by atoms with Crippen LogP contribution in [-0.2, 0) is 10.0 Å². The largest absolute Gasteiger partial charge is 0.214 e. The smallest absolute Gasteiger partial charge is 0.211 e. The zero-order valence-corrected chi connectivity index (χ0v) is 7.50. The second-order valence-electron chi connectivity index (χ2n) is 1.90. The first-order chi connectivity index (χ1) is 4.62. The number of alkyl halides is 1. The van der Waals surface area contributed by atoms with E-state index in [1.54, 1.807) is 0 Å². The van der Waals surface area contributed by atoms with Crippen molar-refractivity contribution in [2.75, 3.05) is 18.2 Å². The SMILES string of the molecule is CCCS(=O)(=O)NCCCl. The monoisotopic (exact) mass is 185 g/mol. The van der Waals surface area contributed by atoms with Crippen LogP contribution in [0, 0.1) is 0 Å². The van der Waals surface area contributed by atoms with Gasteiger partial charge in [0.05, 0.1) is 5.75 Å². The number of halogens is 1. The van der Waals surface area contributed by atoms with Crippen molar-refractivity contribution >= 4 is 21.6 Å². The lowest BCUT2D eigenvalue weighted by Gasteiger charge is -2.01. The molecule has 1 N–H and O–H groups in total. The molecule has 0 rings (SSSR count). The normalized spacial score (nSPS) is 11.8. The minimum atomic E-state index is -3.03. The topological polar surface area (TPSA) is 46.2 Å². The van der Waals surface area contributed by atoms with Crippen LogP contribution in [0.25, 0.3) is 0 Å². The van der Waals surface area contributed by atoms with E-state index in [4.69, 9.17) is 11.6 Å². The molecule has 0 bridgehead atoms. The van der Waals surface area contributed by atoms with Crippen molar-refractivity contribution in [3.8, 4) is 0 Å². The first kappa shape index (κ1) is 10.2. The summed E-state index contributed by atoms with van der Waals surface area (Å²) in [4.78, 5) is 0. The van der Waals surface area contributed by atoms with Gasteiger partial charge in [0.15, 0.2) is 0 Å². The molecule has 0 radical (unpaired) electrons. The van der Waals surface area contributed by atoms with Crippen molar-refractivity contribution in [1.82, 2.24) is 4.72 Å². The molecule has 0 saturated carbocycles. The van der Waals surface area contributed by atoms with Crippen molar-refractivity contribution in [3.05, 3.63) is 0 Å². The van der Waals surface area contributed by atoms with Crippen molar-refractivity contribution in [1.29, 1.82) is 0 Å². The summed E-state index contributed by atoms with van der Waals surface area (Å²) in [6.07, 6.45) is 0.637. The third-order valence-electron chi connectivity index (χ3n) is 0.889. The molecule has 0 aromatic carbocycles. The van der Waals surface area contributed by atoms with E-state index in [9.17, 15) is 8.42 Å². The number of hydrogen-bond donors (Lipinski definition) is 1. The van der Waals surface area contributed by atoms with E-state index in [2.05, 4.69) is 4.72 Å². The molecular formula is C5H12ClNO2S. The Balaban J connectivity index is 3.65. The van der Waals surface area contributed by atoms with E-state index < -0.39 is 10.0 Å². The third-order valence-corrected chi connectivity index (χ3v) is 2.67. The fourth-order valence-electron chi connectivity index (χ4n) is 0.535.